The van der Waals surface area contributed by atoms with Crippen LogP contribution in [0.3, 0.4) is 0 Å². The highest BCUT2D eigenvalue weighted by Crippen LogP contribution is 2.30. The van der Waals surface area contributed by atoms with Gasteiger partial charge < -0.3 is 15.2 Å². The van der Waals surface area contributed by atoms with Crippen molar-refractivity contribution in [3.63, 3.8) is 0 Å². The van der Waals surface area contributed by atoms with E-state index in [2.05, 4.69) is 26.3 Å². The van der Waals surface area contributed by atoms with Gasteiger partial charge in [0.2, 0.25) is 5.91 Å². The first kappa shape index (κ1) is 18.2. The average Bonchev–Trinajstić information content (AvgIpc) is 3.50. The average molecular weight is 376 g/mol. The van der Waals surface area contributed by atoms with Gasteiger partial charge in [-0.3, -0.25) is 9.59 Å². The molecule has 0 saturated heterocycles. The van der Waals surface area contributed by atoms with Crippen molar-refractivity contribution in [1.29, 1.82) is 0 Å². The first-order valence-corrected chi connectivity index (χ1v) is 9.73. The second kappa shape index (κ2) is 7.84. The molecule has 0 radical (unpaired) electrons. The van der Waals surface area contributed by atoms with Gasteiger partial charge in [-0.2, -0.15) is 0 Å². The second-order valence-electron chi connectivity index (χ2n) is 7.25. The fourth-order valence-electron chi connectivity index (χ4n) is 3.35. The van der Waals surface area contributed by atoms with Crippen LogP contribution in [-0.4, -0.2) is 27.9 Å². The van der Waals surface area contributed by atoms with E-state index in [1.54, 1.807) is 18.2 Å². The van der Waals surface area contributed by atoms with Gasteiger partial charge in [-0.05, 0) is 56.5 Å². The van der Waals surface area contributed by atoms with Crippen LogP contribution in [-0.2, 0) is 11.3 Å². The maximum atomic E-state index is 12.4. The molecule has 2 amide bonds. The molecule has 144 valence electrons. The van der Waals surface area contributed by atoms with Gasteiger partial charge in [0.1, 0.15) is 5.82 Å². The van der Waals surface area contributed by atoms with Crippen LogP contribution in [0.1, 0.15) is 35.4 Å². The van der Waals surface area contributed by atoms with Crippen molar-refractivity contribution in [1.82, 2.24) is 14.9 Å². The number of rotatable bonds is 7. The SMILES string of the molecule is Cc1nc2ccccc2n1CCCNC(=O)c1cccc(NC(=O)C2CC2)c1. The molecule has 6 heteroatoms. The molecule has 1 aromatic heterocycles. The fourth-order valence-corrected chi connectivity index (χ4v) is 3.35. The normalized spacial score (nSPS) is 13.5. The third-order valence-electron chi connectivity index (χ3n) is 5.03. The zero-order valence-corrected chi connectivity index (χ0v) is 15.9. The molecule has 0 unspecified atom stereocenters. The first-order valence-electron chi connectivity index (χ1n) is 9.73. The Bertz CT molecular complexity index is 1020. The van der Waals surface area contributed by atoms with E-state index in [0.29, 0.717) is 17.8 Å². The minimum atomic E-state index is -0.130. The number of carbonyl (C=O) groups is 2. The number of nitrogens with one attached hydrogen (secondary N) is 2. The van der Waals surface area contributed by atoms with Crippen molar-refractivity contribution in [2.45, 2.75) is 32.7 Å². The smallest absolute Gasteiger partial charge is 0.251 e. The molecule has 0 aliphatic heterocycles. The van der Waals surface area contributed by atoms with Gasteiger partial charge in [0.05, 0.1) is 11.0 Å². The van der Waals surface area contributed by atoms with Crippen LogP contribution >= 0.6 is 0 Å². The summed E-state index contributed by atoms with van der Waals surface area (Å²) in [5.74, 6) is 1.03. The molecule has 0 bridgehead atoms. The van der Waals surface area contributed by atoms with Crippen LogP contribution in [0.5, 0.6) is 0 Å². The Labute approximate surface area is 164 Å². The molecule has 28 heavy (non-hydrogen) atoms. The number of fused-ring (bicyclic) bond motifs is 1. The van der Waals surface area contributed by atoms with Crippen molar-refractivity contribution >= 4 is 28.5 Å². The van der Waals surface area contributed by atoms with E-state index in [1.807, 2.05) is 31.2 Å². The zero-order valence-electron chi connectivity index (χ0n) is 15.9. The minimum Gasteiger partial charge on any atom is -0.352 e. The molecule has 1 fully saturated rings. The number of hydrogen-bond donors (Lipinski definition) is 2. The topological polar surface area (TPSA) is 76.0 Å². The monoisotopic (exact) mass is 376 g/mol. The Hall–Kier alpha value is -3.15. The highest BCUT2D eigenvalue weighted by Gasteiger charge is 2.29. The Morgan fingerprint density at radius 3 is 2.79 bits per heavy atom. The largest absolute Gasteiger partial charge is 0.352 e. The summed E-state index contributed by atoms with van der Waals surface area (Å²) in [5.41, 5.74) is 3.34. The number of benzene rings is 2. The van der Waals surface area contributed by atoms with Crippen molar-refractivity contribution in [2.24, 2.45) is 5.92 Å². The summed E-state index contributed by atoms with van der Waals surface area (Å²) in [5, 5.41) is 5.84. The number of nitrogens with zero attached hydrogens (tertiary/aromatic N) is 2. The van der Waals surface area contributed by atoms with E-state index in [0.717, 1.165) is 42.7 Å². The van der Waals surface area contributed by atoms with Crippen molar-refractivity contribution < 1.29 is 9.59 Å². The van der Waals surface area contributed by atoms with Crippen LogP contribution in [0.25, 0.3) is 11.0 Å². The third-order valence-corrected chi connectivity index (χ3v) is 5.03. The molecule has 1 heterocycles. The zero-order chi connectivity index (χ0) is 19.5. The van der Waals surface area contributed by atoms with E-state index >= 15 is 0 Å². The van der Waals surface area contributed by atoms with E-state index < -0.39 is 0 Å². The minimum absolute atomic E-state index is 0.0421. The summed E-state index contributed by atoms with van der Waals surface area (Å²) in [7, 11) is 0. The summed E-state index contributed by atoms with van der Waals surface area (Å²) in [6, 6.07) is 15.2. The molecule has 1 aliphatic carbocycles. The number of carbonyl (C=O) groups excluding carboxylic acids is 2. The fraction of sp³-hybridized carbons (Fsp3) is 0.318. The van der Waals surface area contributed by atoms with Crippen molar-refractivity contribution in [2.75, 3.05) is 11.9 Å². The quantitative estimate of drug-likeness (QED) is 0.620. The standard InChI is InChI=1S/C22H24N4O2/c1-15-24-19-8-2-3-9-20(19)26(15)13-5-12-23-21(27)17-6-4-7-18(14-17)25-22(28)16-10-11-16/h2-4,6-9,14,16H,5,10-13H2,1H3,(H,23,27)(H,25,28). The lowest BCUT2D eigenvalue weighted by Crippen LogP contribution is -2.25. The number of para-hydroxylation sites is 2. The molecule has 1 saturated carbocycles. The molecule has 0 atom stereocenters. The highest BCUT2D eigenvalue weighted by molar-refractivity contribution is 5.98. The van der Waals surface area contributed by atoms with Gasteiger partial charge in [-0.15, -0.1) is 0 Å². The summed E-state index contributed by atoms with van der Waals surface area (Å²) < 4.78 is 2.18. The van der Waals surface area contributed by atoms with Gasteiger partial charge >= 0.3 is 0 Å². The van der Waals surface area contributed by atoms with Gasteiger partial charge in [0.25, 0.3) is 5.91 Å². The van der Waals surface area contributed by atoms with Gasteiger partial charge in [-0.25, -0.2) is 4.98 Å². The number of hydrogen-bond acceptors (Lipinski definition) is 3. The van der Waals surface area contributed by atoms with Gasteiger partial charge in [-0.1, -0.05) is 18.2 Å². The number of aromatic nitrogens is 2. The molecule has 2 aromatic carbocycles. The molecular formula is C22H24N4O2. The molecule has 1 aliphatic rings. The second-order valence-corrected chi connectivity index (χ2v) is 7.25. The van der Waals surface area contributed by atoms with Crippen LogP contribution in [0, 0.1) is 12.8 Å². The van der Waals surface area contributed by atoms with Crippen molar-refractivity contribution in [3.05, 3.63) is 59.9 Å². The third kappa shape index (κ3) is 4.06. The van der Waals surface area contributed by atoms with E-state index in [4.69, 9.17) is 0 Å². The summed E-state index contributed by atoms with van der Waals surface area (Å²) in [4.78, 5) is 28.9. The predicted octanol–water partition coefficient (Wildman–Crippen LogP) is 3.51. The number of aryl methyl sites for hydroxylation is 2. The summed E-state index contributed by atoms with van der Waals surface area (Å²) in [6.45, 7) is 3.37. The van der Waals surface area contributed by atoms with Gasteiger partial charge in [0, 0.05) is 30.3 Å². The maximum Gasteiger partial charge on any atom is 0.251 e. The Balaban J connectivity index is 1.30. The Kier molecular flexibility index (Phi) is 5.10. The number of anilines is 1. The van der Waals surface area contributed by atoms with Crippen molar-refractivity contribution in [3.8, 4) is 0 Å². The van der Waals surface area contributed by atoms with E-state index in [9.17, 15) is 9.59 Å². The Morgan fingerprint density at radius 1 is 1.14 bits per heavy atom. The molecule has 2 N–H and O–H groups in total. The highest BCUT2D eigenvalue weighted by atomic mass is 16.2. The molecule has 4 rings (SSSR count). The lowest BCUT2D eigenvalue weighted by atomic mass is 10.2. The molecule has 3 aromatic rings. The first-order chi connectivity index (χ1) is 13.6. The van der Waals surface area contributed by atoms with E-state index in [-0.39, 0.29) is 17.7 Å². The lowest BCUT2D eigenvalue weighted by molar-refractivity contribution is -0.117. The van der Waals surface area contributed by atoms with Crippen LogP contribution in [0.2, 0.25) is 0 Å². The maximum absolute atomic E-state index is 12.4. The summed E-state index contributed by atoms with van der Waals surface area (Å²) >= 11 is 0. The molecule has 0 spiro atoms. The van der Waals surface area contributed by atoms with Gasteiger partial charge in [0.15, 0.2) is 0 Å². The molecule has 6 nitrogen and oxygen atoms in total. The summed E-state index contributed by atoms with van der Waals surface area (Å²) in [6.07, 6.45) is 2.72. The lowest BCUT2D eigenvalue weighted by Gasteiger charge is -2.10. The van der Waals surface area contributed by atoms with Crippen LogP contribution in [0.4, 0.5) is 5.69 Å². The molecular weight excluding hydrogens is 352 g/mol. The number of amides is 2. The van der Waals surface area contributed by atoms with Crippen LogP contribution < -0.4 is 10.6 Å². The van der Waals surface area contributed by atoms with E-state index in [1.165, 1.54) is 0 Å². The predicted molar refractivity (Wildman–Crippen MR) is 109 cm³/mol. The van der Waals surface area contributed by atoms with Crippen LogP contribution in [0.15, 0.2) is 48.5 Å². The Morgan fingerprint density at radius 2 is 1.96 bits per heavy atom. The number of imidazole rings is 1.